The van der Waals surface area contributed by atoms with Gasteiger partial charge in [0, 0.05) is 6.21 Å². The zero-order valence-corrected chi connectivity index (χ0v) is 14.1. The number of carbonyl (C=O) groups excluding carboxylic acids is 1. The summed E-state index contributed by atoms with van der Waals surface area (Å²) in [6, 6.07) is 14.9. The largest absolute Gasteiger partial charge is 0.497 e. The maximum atomic E-state index is 11.2. The number of nitrogens with zero attached hydrogens (tertiary/aromatic N) is 1. The third kappa shape index (κ3) is 5.06. The van der Waals surface area contributed by atoms with Gasteiger partial charge in [0.1, 0.15) is 5.75 Å². The predicted octanol–water partition coefficient (Wildman–Crippen LogP) is 3.50. The van der Waals surface area contributed by atoms with Gasteiger partial charge in [-0.05, 0) is 42.0 Å². The molecule has 0 saturated heterocycles. The van der Waals surface area contributed by atoms with Crippen LogP contribution in [0.4, 0.5) is 16.2 Å². The molecule has 0 atom stereocenters. The van der Waals surface area contributed by atoms with E-state index in [1.54, 1.807) is 13.3 Å². The molecule has 0 fully saturated rings. The van der Waals surface area contributed by atoms with Gasteiger partial charge in [0.25, 0.3) is 0 Å². The zero-order chi connectivity index (χ0) is 17.4. The van der Waals surface area contributed by atoms with Crippen molar-refractivity contribution < 1.29 is 14.3 Å². The molecular weight excluding hydrogens is 326 g/mol. The standard InChI is InChI=1S/C17H17N3O3S/c1-22-13-7-5-6-12(10-13)11-18-14-8-3-4-9-15(14)19-16(24)20-17(21)23-2/h3-11H,1-2H3,(H2,19,20,21,24)/b18-11+. The van der Waals surface area contributed by atoms with Crippen molar-refractivity contribution in [1.82, 2.24) is 5.32 Å². The maximum absolute atomic E-state index is 11.2. The van der Waals surface area contributed by atoms with Crippen molar-refractivity contribution >= 4 is 41.0 Å². The van der Waals surface area contributed by atoms with Crippen LogP contribution < -0.4 is 15.4 Å². The minimum atomic E-state index is -0.634. The Morgan fingerprint density at radius 3 is 2.71 bits per heavy atom. The van der Waals surface area contributed by atoms with Gasteiger partial charge in [0.15, 0.2) is 5.11 Å². The highest BCUT2D eigenvalue weighted by molar-refractivity contribution is 7.80. The summed E-state index contributed by atoms with van der Waals surface area (Å²) in [4.78, 5) is 15.6. The van der Waals surface area contributed by atoms with E-state index in [0.717, 1.165) is 11.3 Å². The van der Waals surface area contributed by atoms with Crippen LogP contribution in [0.2, 0.25) is 0 Å². The van der Waals surface area contributed by atoms with Crippen molar-refractivity contribution in [2.75, 3.05) is 19.5 Å². The van der Waals surface area contributed by atoms with E-state index in [1.165, 1.54) is 7.11 Å². The quantitative estimate of drug-likeness (QED) is 0.657. The fourth-order valence-corrected chi connectivity index (χ4v) is 2.05. The fraction of sp³-hybridized carbons (Fsp3) is 0.118. The molecule has 2 N–H and O–H groups in total. The minimum absolute atomic E-state index is 0.130. The summed E-state index contributed by atoms with van der Waals surface area (Å²) in [6.07, 6.45) is 1.09. The maximum Gasteiger partial charge on any atom is 0.413 e. The van der Waals surface area contributed by atoms with E-state index in [1.807, 2.05) is 48.5 Å². The summed E-state index contributed by atoms with van der Waals surface area (Å²) in [6.45, 7) is 0. The van der Waals surface area contributed by atoms with Crippen molar-refractivity contribution in [1.29, 1.82) is 0 Å². The first kappa shape index (κ1) is 17.4. The second-order valence-electron chi connectivity index (χ2n) is 4.62. The van der Waals surface area contributed by atoms with Gasteiger partial charge in [-0.25, -0.2) is 4.79 Å². The lowest BCUT2D eigenvalue weighted by Crippen LogP contribution is -2.33. The molecule has 6 nitrogen and oxygen atoms in total. The smallest absolute Gasteiger partial charge is 0.413 e. The van der Waals surface area contributed by atoms with Crippen LogP contribution in [0.1, 0.15) is 5.56 Å². The first-order valence-corrected chi connectivity index (χ1v) is 7.46. The summed E-state index contributed by atoms with van der Waals surface area (Å²) in [5.74, 6) is 0.758. The van der Waals surface area contributed by atoms with E-state index < -0.39 is 6.09 Å². The van der Waals surface area contributed by atoms with Crippen LogP contribution in [0.25, 0.3) is 0 Å². The fourth-order valence-electron chi connectivity index (χ4n) is 1.86. The number of aliphatic imine (C=N–C) groups is 1. The number of ether oxygens (including phenoxy) is 2. The van der Waals surface area contributed by atoms with Gasteiger partial charge in [-0.2, -0.15) is 0 Å². The predicted molar refractivity (Wildman–Crippen MR) is 98.5 cm³/mol. The molecule has 0 aromatic heterocycles. The SMILES string of the molecule is COC(=O)NC(=S)Nc1ccccc1/N=C/c1cccc(OC)c1. The molecule has 0 unspecified atom stereocenters. The van der Waals surface area contributed by atoms with E-state index in [9.17, 15) is 4.79 Å². The first-order chi connectivity index (χ1) is 11.6. The second kappa shape index (κ2) is 8.64. The van der Waals surface area contributed by atoms with Crippen molar-refractivity contribution in [2.45, 2.75) is 0 Å². The van der Waals surface area contributed by atoms with Crippen LogP contribution in [0.3, 0.4) is 0 Å². The van der Waals surface area contributed by atoms with Gasteiger partial charge in [-0.3, -0.25) is 10.3 Å². The second-order valence-corrected chi connectivity index (χ2v) is 5.03. The summed E-state index contributed by atoms with van der Waals surface area (Å²) in [7, 11) is 2.88. The van der Waals surface area contributed by atoms with Crippen molar-refractivity contribution in [3.8, 4) is 5.75 Å². The summed E-state index contributed by atoms with van der Waals surface area (Å²) in [5.41, 5.74) is 2.24. The average molecular weight is 343 g/mol. The first-order valence-electron chi connectivity index (χ1n) is 7.05. The number of carbonyl (C=O) groups is 1. The Morgan fingerprint density at radius 1 is 1.17 bits per heavy atom. The molecule has 24 heavy (non-hydrogen) atoms. The van der Waals surface area contributed by atoms with E-state index in [4.69, 9.17) is 17.0 Å². The number of alkyl carbamates (subject to hydrolysis) is 1. The molecule has 7 heteroatoms. The zero-order valence-electron chi connectivity index (χ0n) is 13.3. The number of rotatable bonds is 4. The molecule has 0 bridgehead atoms. The Labute approximate surface area is 145 Å². The summed E-state index contributed by atoms with van der Waals surface area (Å²) in [5, 5.41) is 5.43. The molecule has 124 valence electrons. The van der Waals surface area contributed by atoms with Gasteiger partial charge in [-0.1, -0.05) is 24.3 Å². The van der Waals surface area contributed by atoms with Crippen LogP contribution in [-0.2, 0) is 4.74 Å². The molecule has 0 spiro atoms. The number of thiocarbonyl (C=S) groups is 1. The minimum Gasteiger partial charge on any atom is -0.497 e. The Hall–Kier alpha value is -2.93. The highest BCUT2D eigenvalue weighted by Crippen LogP contribution is 2.24. The van der Waals surface area contributed by atoms with Crippen LogP contribution in [0, 0.1) is 0 Å². The Balaban J connectivity index is 2.14. The van der Waals surface area contributed by atoms with Gasteiger partial charge in [0.2, 0.25) is 0 Å². The lowest BCUT2D eigenvalue weighted by atomic mass is 10.2. The number of benzene rings is 2. The van der Waals surface area contributed by atoms with Crippen LogP contribution in [-0.4, -0.2) is 31.6 Å². The summed E-state index contributed by atoms with van der Waals surface area (Å²) < 4.78 is 9.68. The number of methoxy groups -OCH3 is 2. The van der Waals surface area contributed by atoms with Crippen molar-refractivity contribution in [3.05, 3.63) is 54.1 Å². The van der Waals surface area contributed by atoms with Gasteiger partial charge in [0.05, 0.1) is 25.6 Å². The number of para-hydroxylation sites is 2. The molecule has 1 amide bonds. The van der Waals surface area contributed by atoms with Gasteiger partial charge in [-0.15, -0.1) is 0 Å². The molecule has 2 rings (SSSR count). The average Bonchev–Trinajstić information content (AvgIpc) is 2.61. The molecule has 0 aliphatic carbocycles. The molecule has 0 saturated carbocycles. The van der Waals surface area contributed by atoms with E-state index in [2.05, 4.69) is 20.4 Å². The number of hydrogen-bond acceptors (Lipinski definition) is 5. The summed E-state index contributed by atoms with van der Waals surface area (Å²) >= 11 is 5.06. The number of nitrogens with one attached hydrogen (secondary N) is 2. The molecule has 0 aliphatic rings. The lowest BCUT2D eigenvalue weighted by molar-refractivity contribution is 0.177. The molecule has 2 aromatic carbocycles. The van der Waals surface area contributed by atoms with Gasteiger partial charge >= 0.3 is 6.09 Å². The highest BCUT2D eigenvalue weighted by Gasteiger charge is 2.06. The third-order valence-corrected chi connectivity index (χ3v) is 3.20. The number of anilines is 1. The molecular formula is C17H17N3O3S. The molecule has 0 aliphatic heterocycles. The van der Waals surface area contributed by atoms with E-state index >= 15 is 0 Å². The molecule has 2 aromatic rings. The number of amides is 1. The van der Waals surface area contributed by atoms with E-state index in [0.29, 0.717) is 11.4 Å². The van der Waals surface area contributed by atoms with E-state index in [-0.39, 0.29) is 5.11 Å². The highest BCUT2D eigenvalue weighted by atomic mass is 32.1. The van der Waals surface area contributed by atoms with Crippen LogP contribution in [0.15, 0.2) is 53.5 Å². The molecule has 0 heterocycles. The third-order valence-electron chi connectivity index (χ3n) is 3.00. The van der Waals surface area contributed by atoms with Crippen molar-refractivity contribution in [3.63, 3.8) is 0 Å². The monoisotopic (exact) mass is 343 g/mol. The topological polar surface area (TPSA) is 72.0 Å². The van der Waals surface area contributed by atoms with Crippen LogP contribution >= 0.6 is 12.2 Å². The Kier molecular flexibility index (Phi) is 6.27. The van der Waals surface area contributed by atoms with Gasteiger partial charge < -0.3 is 14.8 Å². The van der Waals surface area contributed by atoms with Crippen molar-refractivity contribution in [2.24, 2.45) is 4.99 Å². The Bertz CT molecular complexity index is 762. The lowest BCUT2D eigenvalue weighted by Gasteiger charge is -2.10. The molecule has 0 radical (unpaired) electrons. The number of hydrogen-bond donors (Lipinski definition) is 2. The Morgan fingerprint density at radius 2 is 1.96 bits per heavy atom. The van der Waals surface area contributed by atoms with Crippen LogP contribution in [0.5, 0.6) is 5.75 Å². The normalized spacial score (nSPS) is 10.2.